The molecule has 0 aromatic heterocycles. The van der Waals surface area contributed by atoms with Crippen molar-refractivity contribution in [3.63, 3.8) is 0 Å². The zero-order valence-corrected chi connectivity index (χ0v) is 19.0. The van der Waals surface area contributed by atoms with Gasteiger partial charge in [-0.3, -0.25) is 14.6 Å². The molecule has 1 amide bonds. The first-order valence-corrected chi connectivity index (χ1v) is 10.6. The van der Waals surface area contributed by atoms with Crippen molar-refractivity contribution in [3.05, 3.63) is 50.6 Å². The van der Waals surface area contributed by atoms with Gasteiger partial charge in [0, 0.05) is 25.3 Å². The molecule has 12 heteroatoms. The van der Waals surface area contributed by atoms with Gasteiger partial charge in [0.15, 0.2) is 0 Å². The van der Waals surface area contributed by atoms with Gasteiger partial charge in [0.2, 0.25) is 5.91 Å². The van der Waals surface area contributed by atoms with Crippen molar-refractivity contribution in [2.24, 2.45) is 0 Å². The molecule has 2 rings (SSSR count). The zero-order chi connectivity index (χ0) is 24.6. The maximum atomic E-state index is 13.1. The normalized spacial score (nSPS) is 18.3. The summed E-state index contributed by atoms with van der Waals surface area (Å²) in [6.45, 7) is 11.5. The number of hydrogen-bond donors (Lipinski definition) is 3. The third kappa shape index (κ3) is 12.0. The van der Waals surface area contributed by atoms with Gasteiger partial charge >= 0.3 is 0 Å². The van der Waals surface area contributed by atoms with E-state index in [0.717, 1.165) is 51.3 Å². The van der Waals surface area contributed by atoms with Crippen LogP contribution in [-0.2, 0) is 4.79 Å². The quantitative estimate of drug-likeness (QED) is 0.393. The summed E-state index contributed by atoms with van der Waals surface area (Å²) in [5, 5.41) is 30.4. The minimum absolute atomic E-state index is 0.117. The van der Waals surface area contributed by atoms with Crippen LogP contribution in [0, 0.1) is 20.2 Å². The van der Waals surface area contributed by atoms with Gasteiger partial charge in [-0.1, -0.05) is 44.9 Å². The van der Waals surface area contributed by atoms with E-state index in [1.54, 1.807) is 0 Å². The highest BCUT2D eigenvalue weighted by Gasteiger charge is 2.43. The second-order valence-corrected chi connectivity index (χ2v) is 7.54. The van der Waals surface area contributed by atoms with Crippen LogP contribution in [0.25, 0.3) is 0 Å². The average molecular weight is 458 g/mol. The molecule has 182 valence electrons. The maximum absolute atomic E-state index is 13.1. The summed E-state index contributed by atoms with van der Waals surface area (Å²) in [5.41, 5.74) is 0.418. The zero-order valence-electron chi connectivity index (χ0n) is 19.0. The lowest BCUT2D eigenvalue weighted by atomic mass is 9.93. The fourth-order valence-electron chi connectivity index (χ4n) is 3.41. The molecule has 0 saturated carbocycles. The molecule has 1 aromatic carbocycles. The number of piperazine rings is 1. The van der Waals surface area contributed by atoms with Crippen molar-refractivity contribution < 1.29 is 25.4 Å². The maximum Gasteiger partial charge on any atom is 0.291 e. The molecular formula is C20H35N5O7. The Hall–Kier alpha value is -2.99. The van der Waals surface area contributed by atoms with E-state index in [0.29, 0.717) is 0 Å². The number of nitrogens with one attached hydrogen (secondary N) is 1. The van der Waals surface area contributed by atoms with Crippen LogP contribution in [0.15, 0.2) is 30.3 Å². The minimum Gasteiger partial charge on any atom is -0.328 e. The molecule has 1 unspecified atom stereocenters. The molecule has 0 spiro atoms. The number of nitrogens with zero attached hydrogens (tertiary/aromatic N) is 4. The molecule has 12 nitrogen and oxygen atoms in total. The first-order valence-electron chi connectivity index (χ1n) is 10.6. The predicted octanol–water partition coefficient (Wildman–Crippen LogP) is 2.91. The standard InChI is InChI=1S/C20H33N3O.2HNO3/c1-4-6-13-22-15-16-23(14-7-5-2)20(3,17-22)19(24)21-18-11-9-8-10-12-18;2*2-1(3)4/h8-12H,4-7,13-17H2,1-3H3,(H,21,24);2*(H,2,3,4). The number of benzene rings is 1. The number of hydrogen-bond acceptors (Lipinski definition) is 7. The van der Waals surface area contributed by atoms with Crippen LogP contribution >= 0.6 is 0 Å². The Kier molecular flexibility index (Phi) is 14.3. The highest BCUT2D eigenvalue weighted by atomic mass is 16.9. The summed E-state index contributed by atoms with van der Waals surface area (Å²) in [6.07, 6.45) is 4.70. The van der Waals surface area contributed by atoms with E-state index in [2.05, 4.69) is 35.9 Å². The van der Waals surface area contributed by atoms with Gasteiger partial charge in [-0.15, -0.1) is 20.2 Å². The van der Waals surface area contributed by atoms with Crippen molar-refractivity contribution in [2.75, 3.05) is 38.0 Å². The number of para-hydroxylation sites is 1. The molecule has 1 atom stereocenters. The number of carbonyl (C=O) groups is 1. The Morgan fingerprint density at radius 2 is 1.53 bits per heavy atom. The summed E-state index contributed by atoms with van der Waals surface area (Å²) < 4.78 is 0. The average Bonchev–Trinajstić information content (AvgIpc) is 2.71. The molecule has 1 aromatic rings. The van der Waals surface area contributed by atoms with Gasteiger partial charge in [0.1, 0.15) is 5.54 Å². The Morgan fingerprint density at radius 1 is 1.03 bits per heavy atom. The highest BCUT2D eigenvalue weighted by Crippen LogP contribution is 2.24. The Morgan fingerprint density at radius 3 is 2.03 bits per heavy atom. The van der Waals surface area contributed by atoms with Crippen LogP contribution in [0.4, 0.5) is 5.69 Å². The second-order valence-electron chi connectivity index (χ2n) is 7.54. The van der Waals surface area contributed by atoms with Crippen molar-refractivity contribution in [1.82, 2.24) is 9.80 Å². The first kappa shape index (κ1) is 29.0. The van der Waals surface area contributed by atoms with Gasteiger partial charge in [0.25, 0.3) is 10.2 Å². The Bertz CT molecular complexity index is 672. The molecule has 1 heterocycles. The predicted molar refractivity (Wildman–Crippen MR) is 119 cm³/mol. The monoisotopic (exact) mass is 457 g/mol. The molecule has 1 saturated heterocycles. The van der Waals surface area contributed by atoms with Gasteiger partial charge < -0.3 is 15.7 Å². The number of unbranched alkanes of at least 4 members (excludes halogenated alkanes) is 2. The SMILES string of the molecule is CCCCN1CCN(CCCC)C(C)(C(=O)Nc2ccccc2)C1.O=[N+]([O-])O.O=[N+]([O-])O. The van der Waals surface area contributed by atoms with Crippen LogP contribution in [0.3, 0.4) is 0 Å². The second kappa shape index (κ2) is 15.8. The summed E-state index contributed by atoms with van der Waals surface area (Å²) in [7, 11) is 0. The molecule has 0 aliphatic carbocycles. The smallest absolute Gasteiger partial charge is 0.291 e. The van der Waals surface area contributed by atoms with Crippen molar-refractivity contribution in [3.8, 4) is 0 Å². The fraction of sp³-hybridized carbons (Fsp3) is 0.650. The summed E-state index contributed by atoms with van der Waals surface area (Å²) >= 11 is 0. The van der Waals surface area contributed by atoms with Crippen molar-refractivity contribution in [2.45, 2.75) is 52.0 Å². The topological polar surface area (TPSA) is 162 Å². The van der Waals surface area contributed by atoms with Gasteiger partial charge in [-0.25, -0.2) is 0 Å². The van der Waals surface area contributed by atoms with E-state index in [4.69, 9.17) is 30.6 Å². The van der Waals surface area contributed by atoms with E-state index in [9.17, 15) is 4.79 Å². The first-order chi connectivity index (χ1) is 15.1. The largest absolute Gasteiger partial charge is 0.328 e. The van der Waals surface area contributed by atoms with Gasteiger partial charge in [-0.2, -0.15) is 0 Å². The number of carbonyl (C=O) groups excluding carboxylic acids is 1. The third-order valence-corrected chi connectivity index (χ3v) is 5.05. The molecular weight excluding hydrogens is 422 g/mol. The van der Waals surface area contributed by atoms with Crippen molar-refractivity contribution >= 4 is 11.6 Å². The van der Waals surface area contributed by atoms with Crippen LogP contribution in [0.1, 0.15) is 46.5 Å². The van der Waals surface area contributed by atoms with E-state index < -0.39 is 15.7 Å². The fourth-order valence-corrected chi connectivity index (χ4v) is 3.41. The lowest BCUT2D eigenvalue weighted by Crippen LogP contribution is -2.66. The van der Waals surface area contributed by atoms with E-state index in [1.165, 1.54) is 12.8 Å². The molecule has 0 radical (unpaired) electrons. The van der Waals surface area contributed by atoms with E-state index in [1.807, 2.05) is 30.3 Å². The number of anilines is 1. The third-order valence-electron chi connectivity index (χ3n) is 5.05. The van der Waals surface area contributed by atoms with Crippen LogP contribution in [0.2, 0.25) is 0 Å². The van der Waals surface area contributed by atoms with Gasteiger partial charge in [-0.05, 0) is 45.0 Å². The minimum atomic E-state index is -1.50. The molecule has 1 fully saturated rings. The lowest BCUT2D eigenvalue weighted by molar-refractivity contribution is -0.742. The molecule has 32 heavy (non-hydrogen) atoms. The van der Waals surface area contributed by atoms with E-state index >= 15 is 0 Å². The summed E-state index contributed by atoms with van der Waals surface area (Å²) in [4.78, 5) is 34.7. The molecule has 1 aliphatic rings. The van der Waals surface area contributed by atoms with Crippen LogP contribution in [0.5, 0.6) is 0 Å². The van der Waals surface area contributed by atoms with Crippen LogP contribution in [-0.4, -0.2) is 74.6 Å². The summed E-state index contributed by atoms with van der Waals surface area (Å²) in [6, 6.07) is 9.80. The van der Waals surface area contributed by atoms with Crippen molar-refractivity contribution in [1.29, 1.82) is 0 Å². The molecule has 1 aliphatic heterocycles. The van der Waals surface area contributed by atoms with Crippen LogP contribution < -0.4 is 5.32 Å². The lowest BCUT2D eigenvalue weighted by Gasteiger charge is -2.48. The van der Waals surface area contributed by atoms with E-state index in [-0.39, 0.29) is 5.91 Å². The Balaban J connectivity index is 0.00000104. The number of rotatable bonds is 8. The number of amides is 1. The van der Waals surface area contributed by atoms with Gasteiger partial charge in [0.05, 0.1) is 0 Å². The Labute approximate surface area is 188 Å². The summed E-state index contributed by atoms with van der Waals surface area (Å²) in [5.74, 6) is 0.117. The molecule has 0 bridgehead atoms. The highest BCUT2D eigenvalue weighted by molar-refractivity contribution is 5.98. The molecule has 3 N–H and O–H groups in total.